The van der Waals surface area contributed by atoms with Gasteiger partial charge < -0.3 is 19.9 Å². The average molecular weight is 311 g/mol. The number of methoxy groups -OCH3 is 1. The summed E-state index contributed by atoms with van der Waals surface area (Å²) in [6.45, 7) is 5.14. The summed E-state index contributed by atoms with van der Waals surface area (Å²) in [5.41, 5.74) is 1.06. The molecule has 2 rings (SSSR count). The van der Waals surface area contributed by atoms with E-state index in [0.717, 1.165) is 56.6 Å². The minimum Gasteiger partial charge on any atom is -0.385 e. The summed E-state index contributed by atoms with van der Waals surface area (Å²) in [5.74, 6) is -0.196. The van der Waals surface area contributed by atoms with E-state index in [4.69, 9.17) is 17.0 Å². The highest BCUT2D eigenvalue weighted by atomic mass is 32.1. The molecule has 6 heteroatoms. The molecule has 0 atom stereocenters. The normalized spacial score (nSPS) is 15.1. The highest BCUT2D eigenvalue weighted by molar-refractivity contribution is 7.80. The standard InChI is InChI=1S/C15H22FN3OS/c1-20-12-2-7-17-15(21)19-10-8-18(9-11-19)14-5-3-13(16)4-6-14/h3-6H,2,7-12H2,1H3,(H,17,21). The summed E-state index contributed by atoms with van der Waals surface area (Å²) in [6.07, 6.45) is 0.951. The van der Waals surface area contributed by atoms with Gasteiger partial charge in [0.05, 0.1) is 0 Å². The van der Waals surface area contributed by atoms with E-state index in [9.17, 15) is 4.39 Å². The number of halogens is 1. The number of benzene rings is 1. The highest BCUT2D eigenvalue weighted by Gasteiger charge is 2.18. The van der Waals surface area contributed by atoms with E-state index in [-0.39, 0.29) is 5.82 Å². The first-order valence-corrected chi connectivity index (χ1v) is 7.64. The topological polar surface area (TPSA) is 27.7 Å². The minimum absolute atomic E-state index is 0.196. The van der Waals surface area contributed by atoms with Crippen molar-refractivity contribution in [3.8, 4) is 0 Å². The Morgan fingerprint density at radius 2 is 1.90 bits per heavy atom. The Labute approximate surface area is 130 Å². The minimum atomic E-state index is -0.196. The van der Waals surface area contributed by atoms with Gasteiger partial charge in [-0.25, -0.2) is 4.39 Å². The van der Waals surface area contributed by atoms with Crippen LogP contribution in [0.4, 0.5) is 10.1 Å². The molecule has 1 saturated heterocycles. The summed E-state index contributed by atoms with van der Waals surface area (Å²) in [5, 5.41) is 4.07. The molecule has 116 valence electrons. The molecule has 0 unspecified atom stereocenters. The summed E-state index contributed by atoms with van der Waals surface area (Å²) in [6, 6.07) is 6.66. The van der Waals surface area contributed by atoms with Crippen LogP contribution < -0.4 is 10.2 Å². The molecule has 0 amide bonds. The van der Waals surface area contributed by atoms with E-state index in [1.165, 1.54) is 12.1 Å². The van der Waals surface area contributed by atoms with Gasteiger partial charge in [0.2, 0.25) is 0 Å². The SMILES string of the molecule is COCCCNC(=S)N1CCN(c2ccc(F)cc2)CC1. The van der Waals surface area contributed by atoms with Crippen LogP contribution in [0.15, 0.2) is 24.3 Å². The number of piperazine rings is 1. The lowest BCUT2D eigenvalue weighted by Crippen LogP contribution is -2.51. The number of hydrogen-bond donors (Lipinski definition) is 1. The first kappa shape index (κ1) is 16.0. The van der Waals surface area contributed by atoms with Crippen molar-refractivity contribution < 1.29 is 9.13 Å². The number of nitrogens with one attached hydrogen (secondary N) is 1. The van der Waals surface area contributed by atoms with Crippen LogP contribution in [0.25, 0.3) is 0 Å². The van der Waals surface area contributed by atoms with Crippen molar-refractivity contribution in [3.05, 3.63) is 30.1 Å². The van der Waals surface area contributed by atoms with Crippen molar-refractivity contribution in [1.82, 2.24) is 10.2 Å². The molecular formula is C15H22FN3OS. The van der Waals surface area contributed by atoms with Gasteiger partial charge in [0.25, 0.3) is 0 Å². The van der Waals surface area contributed by atoms with Crippen LogP contribution in [0.1, 0.15) is 6.42 Å². The number of anilines is 1. The lowest BCUT2D eigenvalue weighted by atomic mass is 10.2. The largest absolute Gasteiger partial charge is 0.385 e. The van der Waals surface area contributed by atoms with Crippen molar-refractivity contribution in [1.29, 1.82) is 0 Å². The molecule has 1 fully saturated rings. The lowest BCUT2D eigenvalue weighted by Gasteiger charge is -2.37. The van der Waals surface area contributed by atoms with E-state index < -0.39 is 0 Å². The number of thiocarbonyl (C=S) groups is 1. The van der Waals surface area contributed by atoms with E-state index in [2.05, 4.69) is 15.1 Å². The number of ether oxygens (including phenoxy) is 1. The van der Waals surface area contributed by atoms with E-state index >= 15 is 0 Å². The predicted octanol–water partition coefficient (Wildman–Crippen LogP) is 1.86. The lowest BCUT2D eigenvalue weighted by molar-refractivity contribution is 0.195. The number of hydrogen-bond acceptors (Lipinski definition) is 3. The molecule has 1 aromatic rings. The quantitative estimate of drug-likeness (QED) is 0.662. The molecule has 1 aliphatic rings. The molecule has 0 radical (unpaired) electrons. The number of nitrogens with zero attached hydrogens (tertiary/aromatic N) is 2. The fourth-order valence-electron chi connectivity index (χ4n) is 2.34. The third-order valence-corrected chi connectivity index (χ3v) is 3.96. The maximum atomic E-state index is 12.9. The fourth-order valence-corrected chi connectivity index (χ4v) is 2.63. The summed E-state index contributed by atoms with van der Waals surface area (Å²) >= 11 is 5.40. The van der Waals surface area contributed by atoms with Gasteiger partial charge in [0.15, 0.2) is 5.11 Å². The monoisotopic (exact) mass is 311 g/mol. The Hall–Kier alpha value is -1.40. The first-order chi connectivity index (χ1) is 10.2. The summed E-state index contributed by atoms with van der Waals surface area (Å²) in [7, 11) is 1.70. The Bertz CT molecular complexity index is 447. The highest BCUT2D eigenvalue weighted by Crippen LogP contribution is 2.16. The maximum Gasteiger partial charge on any atom is 0.169 e. The van der Waals surface area contributed by atoms with Crippen molar-refractivity contribution in [2.75, 3.05) is 51.3 Å². The third kappa shape index (κ3) is 4.82. The zero-order valence-corrected chi connectivity index (χ0v) is 13.2. The van der Waals surface area contributed by atoms with Crippen LogP contribution in [0.2, 0.25) is 0 Å². The molecule has 0 bridgehead atoms. The molecule has 0 saturated carbocycles. The molecule has 0 aromatic heterocycles. The molecule has 0 aliphatic carbocycles. The second kappa shape index (κ2) is 8.14. The Kier molecular flexibility index (Phi) is 6.20. The molecule has 1 aliphatic heterocycles. The van der Waals surface area contributed by atoms with Crippen LogP contribution in [-0.2, 0) is 4.74 Å². The molecular weight excluding hydrogens is 289 g/mol. The van der Waals surface area contributed by atoms with Gasteiger partial charge in [-0.15, -0.1) is 0 Å². The van der Waals surface area contributed by atoms with Gasteiger partial charge in [-0.05, 0) is 42.9 Å². The zero-order valence-electron chi connectivity index (χ0n) is 12.3. The van der Waals surface area contributed by atoms with Crippen LogP contribution in [0, 0.1) is 5.82 Å². The van der Waals surface area contributed by atoms with Gasteiger partial charge in [-0.1, -0.05) is 0 Å². The van der Waals surface area contributed by atoms with Gasteiger partial charge in [-0.3, -0.25) is 0 Å². The van der Waals surface area contributed by atoms with Crippen molar-refractivity contribution in [2.45, 2.75) is 6.42 Å². The predicted molar refractivity (Wildman–Crippen MR) is 87.3 cm³/mol. The van der Waals surface area contributed by atoms with Crippen molar-refractivity contribution in [3.63, 3.8) is 0 Å². The van der Waals surface area contributed by atoms with Crippen LogP contribution in [0.3, 0.4) is 0 Å². The maximum absolute atomic E-state index is 12.9. The van der Waals surface area contributed by atoms with E-state index in [1.807, 2.05) is 12.1 Å². The Balaban J connectivity index is 1.75. The Morgan fingerprint density at radius 1 is 1.24 bits per heavy atom. The van der Waals surface area contributed by atoms with Crippen LogP contribution in [0.5, 0.6) is 0 Å². The molecule has 4 nitrogen and oxygen atoms in total. The van der Waals surface area contributed by atoms with Crippen molar-refractivity contribution in [2.24, 2.45) is 0 Å². The van der Waals surface area contributed by atoms with Gasteiger partial charge in [0, 0.05) is 52.1 Å². The number of rotatable bonds is 5. The zero-order chi connectivity index (χ0) is 15.1. The van der Waals surface area contributed by atoms with Crippen LogP contribution >= 0.6 is 12.2 Å². The average Bonchev–Trinajstić information content (AvgIpc) is 2.52. The molecule has 1 N–H and O–H groups in total. The molecule has 1 heterocycles. The van der Waals surface area contributed by atoms with Gasteiger partial charge >= 0.3 is 0 Å². The summed E-state index contributed by atoms with van der Waals surface area (Å²) in [4.78, 5) is 4.44. The first-order valence-electron chi connectivity index (χ1n) is 7.23. The smallest absolute Gasteiger partial charge is 0.169 e. The second-order valence-electron chi connectivity index (χ2n) is 5.03. The van der Waals surface area contributed by atoms with Crippen LogP contribution in [-0.4, -0.2) is 56.5 Å². The molecule has 1 aromatic carbocycles. The third-order valence-electron chi connectivity index (χ3n) is 3.56. The fraction of sp³-hybridized carbons (Fsp3) is 0.533. The molecule has 0 spiro atoms. The van der Waals surface area contributed by atoms with Gasteiger partial charge in [0.1, 0.15) is 5.82 Å². The van der Waals surface area contributed by atoms with E-state index in [1.54, 1.807) is 7.11 Å². The summed E-state index contributed by atoms with van der Waals surface area (Å²) < 4.78 is 17.9. The molecule has 21 heavy (non-hydrogen) atoms. The second-order valence-corrected chi connectivity index (χ2v) is 5.42. The van der Waals surface area contributed by atoms with E-state index in [0.29, 0.717) is 0 Å². The van der Waals surface area contributed by atoms with Crippen molar-refractivity contribution >= 4 is 23.0 Å². The Morgan fingerprint density at radius 3 is 2.52 bits per heavy atom. The van der Waals surface area contributed by atoms with Gasteiger partial charge in [-0.2, -0.15) is 0 Å².